The van der Waals surface area contributed by atoms with Crippen molar-refractivity contribution in [2.24, 2.45) is 0 Å². The van der Waals surface area contributed by atoms with Gasteiger partial charge in [0.1, 0.15) is 11.5 Å². The number of phenols is 1. The maximum absolute atomic E-state index is 12.8. The summed E-state index contributed by atoms with van der Waals surface area (Å²) in [7, 11) is 1.55. The molecule has 23 heavy (non-hydrogen) atoms. The third-order valence-electron chi connectivity index (χ3n) is 4.55. The quantitative estimate of drug-likeness (QED) is 0.925. The van der Waals surface area contributed by atoms with Crippen LogP contribution in [0.15, 0.2) is 42.5 Å². The molecule has 0 aromatic heterocycles. The predicted octanol–water partition coefficient (Wildman–Crippen LogP) is 2.48. The standard InChI is InChI=1S/C18H17NO4/c1-22-12-7-8-15(16(20)11-12)18-14-6-3-2-5-13(14)17(21)19(18)9-4-10-23-18/h2-3,5-8,11,20H,4,9-10H2,1H3/t18-/m0/s1. The van der Waals surface area contributed by atoms with Gasteiger partial charge in [0.2, 0.25) is 5.72 Å². The molecule has 1 saturated heterocycles. The number of carbonyl (C=O) groups is 1. The maximum Gasteiger partial charge on any atom is 0.257 e. The molecule has 2 aliphatic heterocycles. The number of amides is 1. The van der Waals surface area contributed by atoms with Crippen LogP contribution in [0.3, 0.4) is 0 Å². The first-order chi connectivity index (χ1) is 11.2. The van der Waals surface area contributed by atoms with Crippen molar-refractivity contribution in [3.63, 3.8) is 0 Å². The van der Waals surface area contributed by atoms with E-state index in [1.54, 1.807) is 30.2 Å². The van der Waals surface area contributed by atoms with Gasteiger partial charge in [-0.3, -0.25) is 4.79 Å². The molecular formula is C18H17NO4. The Morgan fingerprint density at radius 1 is 1.22 bits per heavy atom. The average Bonchev–Trinajstić information content (AvgIpc) is 2.85. The molecule has 0 aliphatic carbocycles. The molecule has 0 spiro atoms. The van der Waals surface area contributed by atoms with Gasteiger partial charge in [0.25, 0.3) is 5.91 Å². The highest BCUT2D eigenvalue weighted by atomic mass is 16.5. The van der Waals surface area contributed by atoms with E-state index in [4.69, 9.17) is 9.47 Å². The Bertz CT molecular complexity index is 788. The van der Waals surface area contributed by atoms with Crippen molar-refractivity contribution in [1.29, 1.82) is 0 Å². The number of fused-ring (bicyclic) bond motifs is 3. The van der Waals surface area contributed by atoms with Crippen molar-refractivity contribution in [2.75, 3.05) is 20.3 Å². The maximum atomic E-state index is 12.8. The summed E-state index contributed by atoms with van der Waals surface area (Å²) in [4.78, 5) is 14.5. The van der Waals surface area contributed by atoms with Gasteiger partial charge in [0.05, 0.1) is 19.3 Å². The van der Waals surface area contributed by atoms with Gasteiger partial charge < -0.3 is 19.5 Å². The van der Waals surface area contributed by atoms with Crippen molar-refractivity contribution in [3.8, 4) is 11.5 Å². The number of rotatable bonds is 2. The molecule has 2 heterocycles. The van der Waals surface area contributed by atoms with E-state index in [0.29, 0.717) is 30.0 Å². The van der Waals surface area contributed by atoms with Gasteiger partial charge >= 0.3 is 0 Å². The van der Waals surface area contributed by atoms with Gasteiger partial charge in [0, 0.05) is 23.7 Å². The molecule has 1 atom stereocenters. The summed E-state index contributed by atoms with van der Waals surface area (Å²) in [5, 5.41) is 10.5. The highest BCUT2D eigenvalue weighted by Crippen LogP contribution is 2.49. The lowest BCUT2D eigenvalue weighted by Gasteiger charge is -2.43. The second-order valence-corrected chi connectivity index (χ2v) is 5.73. The molecule has 2 aliphatic rings. The van der Waals surface area contributed by atoms with E-state index in [1.807, 2.05) is 24.3 Å². The summed E-state index contributed by atoms with van der Waals surface area (Å²) in [6, 6.07) is 12.5. The predicted molar refractivity (Wildman–Crippen MR) is 83.5 cm³/mol. The SMILES string of the molecule is COc1ccc([C@]23OCCCN2C(=O)c2ccccc23)c(O)c1. The molecule has 118 valence electrons. The summed E-state index contributed by atoms with van der Waals surface area (Å²) in [5.41, 5.74) is 0.925. The molecule has 2 aromatic rings. The van der Waals surface area contributed by atoms with E-state index in [2.05, 4.69) is 0 Å². The highest BCUT2D eigenvalue weighted by Gasteiger charge is 2.54. The summed E-state index contributed by atoms with van der Waals surface area (Å²) in [5.74, 6) is 0.555. The first kappa shape index (κ1) is 14.1. The number of hydrogen-bond acceptors (Lipinski definition) is 4. The van der Waals surface area contributed by atoms with Crippen molar-refractivity contribution < 1.29 is 19.4 Å². The number of aromatic hydroxyl groups is 1. The van der Waals surface area contributed by atoms with Gasteiger partial charge in [-0.1, -0.05) is 18.2 Å². The Morgan fingerprint density at radius 3 is 2.83 bits per heavy atom. The summed E-state index contributed by atoms with van der Waals surface area (Å²) >= 11 is 0. The number of carbonyl (C=O) groups excluding carboxylic acids is 1. The number of phenolic OH excluding ortho intramolecular Hbond substituents is 1. The third kappa shape index (κ3) is 1.80. The van der Waals surface area contributed by atoms with Crippen LogP contribution in [0.4, 0.5) is 0 Å². The molecule has 0 radical (unpaired) electrons. The van der Waals surface area contributed by atoms with Crippen LogP contribution in [0.25, 0.3) is 0 Å². The average molecular weight is 311 g/mol. The smallest absolute Gasteiger partial charge is 0.257 e. The number of benzene rings is 2. The fourth-order valence-electron chi connectivity index (χ4n) is 3.55. The zero-order valence-corrected chi connectivity index (χ0v) is 12.8. The minimum atomic E-state index is -1.05. The van der Waals surface area contributed by atoms with E-state index >= 15 is 0 Å². The van der Waals surface area contributed by atoms with Crippen LogP contribution in [0.1, 0.15) is 27.9 Å². The Labute approximate surface area is 134 Å². The zero-order chi connectivity index (χ0) is 16.0. The normalized spacial score (nSPS) is 22.7. The molecule has 4 rings (SSSR count). The van der Waals surface area contributed by atoms with E-state index < -0.39 is 5.72 Å². The van der Waals surface area contributed by atoms with E-state index in [0.717, 1.165) is 12.0 Å². The van der Waals surface area contributed by atoms with Gasteiger partial charge in [-0.05, 0) is 24.6 Å². The molecule has 5 heteroatoms. The molecule has 0 bridgehead atoms. The first-order valence-electron chi connectivity index (χ1n) is 7.61. The van der Waals surface area contributed by atoms with Crippen LogP contribution in [-0.4, -0.2) is 36.2 Å². The lowest BCUT2D eigenvalue weighted by atomic mass is 9.91. The molecule has 0 saturated carbocycles. The largest absolute Gasteiger partial charge is 0.507 e. The molecular weight excluding hydrogens is 294 g/mol. The van der Waals surface area contributed by atoms with Crippen LogP contribution < -0.4 is 4.74 Å². The van der Waals surface area contributed by atoms with Crippen LogP contribution in [0.5, 0.6) is 11.5 Å². The summed E-state index contributed by atoms with van der Waals surface area (Å²) in [6.45, 7) is 1.13. The van der Waals surface area contributed by atoms with E-state index in [9.17, 15) is 9.90 Å². The third-order valence-corrected chi connectivity index (χ3v) is 4.55. The van der Waals surface area contributed by atoms with Gasteiger partial charge in [0.15, 0.2) is 0 Å². The number of hydrogen-bond donors (Lipinski definition) is 1. The summed E-state index contributed by atoms with van der Waals surface area (Å²) < 4.78 is 11.3. The molecule has 0 unspecified atom stereocenters. The van der Waals surface area contributed by atoms with Crippen molar-refractivity contribution >= 4 is 5.91 Å². The topological polar surface area (TPSA) is 59.0 Å². The van der Waals surface area contributed by atoms with E-state index in [-0.39, 0.29) is 11.7 Å². The van der Waals surface area contributed by atoms with Crippen molar-refractivity contribution in [3.05, 3.63) is 59.2 Å². The van der Waals surface area contributed by atoms with Crippen LogP contribution in [-0.2, 0) is 10.5 Å². The zero-order valence-electron chi connectivity index (χ0n) is 12.8. The molecule has 1 N–H and O–H groups in total. The first-order valence-corrected chi connectivity index (χ1v) is 7.61. The second-order valence-electron chi connectivity index (χ2n) is 5.73. The van der Waals surface area contributed by atoms with Crippen LogP contribution in [0, 0.1) is 0 Å². The Hall–Kier alpha value is -2.53. The fraction of sp³-hybridized carbons (Fsp3) is 0.278. The minimum absolute atomic E-state index is 0.0563. The molecule has 1 fully saturated rings. The molecule has 2 aromatic carbocycles. The minimum Gasteiger partial charge on any atom is -0.507 e. The molecule has 1 amide bonds. The van der Waals surface area contributed by atoms with E-state index in [1.165, 1.54) is 0 Å². The van der Waals surface area contributed by atoms with Crippen LogP contribution in [0.2, 0.25) is 0 Å². The summed E-state index contributed by atoms with van der Waals surface area (Å²) in [6.07, 6.45) is 0.776. The highest BCUT2D eigenvalue weighted by molar-refractivity contribution is 6.00. The van der Waals surface area contributed by atoms with Gasteiger partial charge in [-0.15, -0.1) is 0 Å². The van der Waals surface area contributed by atoms with Gasteiger partial charge in [-0.2, -0.15) is 0 Å². The van der Waals surface area contributed by atoms with Crippen LogP contribution >= 0.6 is 0 Å². The Morgan fingerprint density at radius 2 is 2.04 bits per heavy atom. The molecule has 5 nitrogen and oxygen atoms in total. The fourth-order valence-corrected chi connectivity index (χ4v) is 3.55. The second kappa shape index (κ2) is 4.99. The Kier molecular flexibility index (Phi) is 3.06. The Balaban J connectivity index is 1.98. The number of nitrogens with zero attached hydrogens (tertiary/aromatic N) is 1. The lowest BCUT2D eigenvalue weighted by Crippen LogP contribution is -2.50. The van der Waals surface area contributed by atoms with Gasteiger partial charge in [-0.25, -0.2) is 0 Å². The lowest BCUT2D eigenvalue weighted by molar-refractivity contribution is -0.138. The number of ether oxygens (including phenoxy) is 2. The monoisotopic (exact) mass is 311 g/mol. The number of methoxy groups -OCH3 is 1. The van der Waals surface area contributed by atoms with Crippen molar-refractivity contribution in [1.82, 2.24) is 4.90 Å². The van der Waals surface area contributed by atoms with Crippen molar-refractivity contribution in [2.45, 2.75) is 12.1 Å².